The minimum Gasteiger partial charge on any atom is -0.481 e. The van der Waals surface area contributed by atoms with Crippen LogP contribution >= 0.6 is 0 Å². The lowest BCUT2D eigenvalue weighted by molar-refractivity contribution is -0.148. The van der Waals surface area contributed by atoms with Gasteiger partial charge in [-0.2, -0.15) is 0 Å². The van der Waals surface area contributed by atoms with E-state index in [4.69, 9.17) is 10.2 Å². The molecule has 0 aromatic rings. The van der Waals surface area contributed by atoms with Gasteiger partial charge in [-0.15, -0.1) is 0 Å². The Morgan fingerprint density at radius 3 is 1.29 bits per heavy atom. The molecule has 2 N–H and O–H groups in total. The number of unbranched alkanes of at least 4 members (excludes halogenated alkanes) is 6. The third kappa shape index (κ3) is 10.5. The highest BCUT2D eigenvalue weighted by molar-refractivity contribution is 5.73. The fraction of sp³-hybridized carbons (Fsp3) is 0.800. The van der Waals surface area contributed by atoms with Crippen molar-refractivity contribution in [2.24, 2.45) is 10.8 Å². The van der Waals surface area contributed by atoms with Crippen molar-refractivity contribution in [3.05, 3.63) is 12.2 Å². The zero-order valence-electron chi connectivity index (χ0n) is 15.9. The SMILES string of the molecule is CC(C)(CCCCC/C=C/CCCCCC(C)(C)C(=O)O)C(=O)O. The molecule has 0 saturated carbocycles. The molecule has 0 amide bonds. The average molecular weight is 341 g/mol. The van der Waals surface area contributed by atoms with E-state index >= 15 is 0 Å². The smallest absolute Gasteiger partial charge is 0.309 e. The molecule has 140 valence electrons. The molecule has 0 aliphatic carbocycles. The summed E-state index contributed by atoms with van der Waals surface area (Å²) in [5.74, 6) is -1.43. The number of aliphatic carboxylic acids is 2. The third-order valence-corrected chi connectivity index (χ3v) is 4.67. The van der Waals surface area contributed by atoms with E-state index in [0.717, 1.165) is 64.2 Å². The van der Waals surface area contributed by atoms with Crippen molar-refractivity contribution in [1.29, 1.82) is 0 Å². The summed E-state index contributed by atoms with van der Waals surface area (Å²) in [6, 6.07) is 0. The predicted molar refractivity (Wildman–Crippen MR) is 98.1 cm³/mol. The van der Waals surface area contributed by atoms with Gasteiger partial charge in [-0.3, -0.25) is 9.59 Å². The minimum atomic E-state index is -0.714. The molecule has 0 aliphatic heterocycles. The topological polar surface area (TPSA) is 74.6 Å². The number of allylic oxidation sites excluding steroid dienone is 2. The molecule has 24 heavy (non-hydrogen) atoms. The molecule has 4 heteroatoms. The van der Waals surface area contributed by atoms with Gasteiger partial charge in [-0.05, 0) is 66.2 Å². The summed E-state index contributed by atoms with van der Waals surface area (Å²) < 4.78 is 0. The van der Waals surface area contributed by atoms with Gasteiger partial charge >= 0.3 is 11.9 Å². The van der Waals surface area contributed by atoms with Gasteiger partial charge in [0.05, 0.1) is 10.8 Å². The van der Waals surface area contributed by atoms with Crippen molar-refractivity contribution in [2.45, 2.75) is 91.9 Å². The first-order chi connectivity index (χ1) is 11.1. The maximum atomic E-state index is 11.0. The second-order valence-corrected chi connectivity index (χ2v) is 8.05. The molecule has 0 bridgehead atoms. The molecule has 0 aromatic carbocycles. The molecule has 0 rings (SSSR count). The fourth-order valence-electron chi connectivity index (χ4n) is 2.46. The zero-order valence-corrected chi connectivity index (χ0v) is 15.9. The molecule has 0 unspecified atom stereocenters. The fourth-order valence-corrected chi connectivity index (χ4v) is 2.46. The average Bonchev–Trinajstić information content (AvgIpc) is 2.47. The van der Waals surface area contributed by atoms with E-state index in [0.29, 0.717) is 0 Å². The number of carboxylic acid groups (broad SMARTS) is 2. The highest BCUT2D eigenvalue weighted by atomic mass is 16.4. The standard InChI is InChI=1S/C20H36O4/c1-19(2,17(21)22)15-13-11-9-7-5-6-8-10-12-14-16-20(3,4)18(23)24/h5-6H,7-16H2,1-4H3,(H,21,22)(H,23,24)/b6-5+. The molecule has 4 nitrogen and oxygen atoms in total. The third-order valence-electron chi connectivity index (χ3n) is 4.67. The molecular formula is C20H36O4. The Balaban J connectivity index is 3.52. The van der Waals surface area contributed by atoms with Crippen LogP contribution in [0.4, 0.5) is 0 Å². The van der Waals surface area contributed by atoms with Crippen LogP contribution in [0.3, 0.4) is 0 Å². The first-order valence-electron chi connectivity index (χ1n) is 9.21. The lowest BCUT2D eigenvalue weighted by Gasteiger charge is -2.18. The van der Waals surface area contributed by atoms with Gasteiger partial charge in [-0.25, -0.2) is 0 Å². The molecule has 0 aliphatic rings. The second kappa shape index (κ2) is 11.3. The Labute approximate surface area is 147 Å². The first-order valence-corrected chi connectivity index (χ1v) is 9.21. The van der Waals surface area contributed by atoms with Crippen LogP contribution in [0, 0.1) is 10.8 Å². The van der Waals surface area contributed by atoms with Gasteiger partial charge in [0, 0.05) is 0 Å². The van der Waals surface area contributed by atoms with Crippen molar-refractivity contribution in [3.8, 4) is 0 Å². The van der Waals surface area contributed by atoms with E-state index in [1.165, 1.54) is 0 Å². The molecule has 0 atom stereocenters. The number of hydrogen-bond donors (Lipinski definition) is 2. The zero-order chi connectivity index (χ0) is 18.6. The van der Waals surface area contributed by atoms with Crippen molar-refractivity contribution in [3.63, 3.8) is 0 Å². The summed E-state index contributed by atoms with van der Waals surface area (Å²) in [7, 11) is 0. The normalized spacial score (nSPS) is 12.7. The van der Waals surface area contributed by atoms with Crippen LogP contribution in [0.2, 0.25) is 0 Å². The van der Waals surface area contributed by atoms with Crippen LogP contribution in [0.5, 0.6) is 0 Å². The Morgan fingerprint density at radius 2 is 1.00 bits per heavy atom. The Bertz CT molecular complexity index is 370. The summed E-state index contributed by atoms with van der Waals surface area (Å²) in [5, 5.41) is 18.1. The lowest BCUT2D eigenvalue weighted by atomic mass is 9.87. The summed E-state index contributed by atoms with van der Waals surface area (Å²) >= 11 is 0. The van der Waals surface area contributed by atoms with Crippen LogP contribution in [-0.2, 0) is 9.59 Å². The lowest BCUT2D eigenvalue weighted by Crippen LogP contribution is -2.23. The quantitative estimate of drug-likeness (QED) is 0.316. The van der Waals surface area contributed by atoms with Gasteiger partial charge in [-0.1, -0.05) is 37.8 Å². The van der Waals surface area contributed by atoms with E-state index in [-0.39, 0.29) is 0 Å². The Hall–Kier alpha value is -1.32. The largest absolute Gasteiger partial charge is 0.481 e. The van der Waals surface area contributed by atoms with Gasteiger partial charge in [0.2, 0.25) is 0 Å². The van der Waals surface area contributed by atoms with Crippen LogP contribution < -0.4 is 0 Å². The van der Waals surface area contributed by atoms with Gasteiger partial charge in [0.25, 0.3) is 0 Å². The number of carbonyl (C=O) groups is 2. The van der Waals surface area contributed by atoms with Crippen molar-refractivity contribution in [1.82, 2.24) is 0 Å². The minimum absolute atomic E-state index is 0.606. The van der Waals surface area contributed by atoms with E-state index in [1.807, 2.05) is 0 Å². The van der Waals surface area contributed by atoms with Gasteiger partial charge in [0.15, 0.2) is 0 Å². The van der Waals surface area contributed by atoms with E-state index < -0.39 is 22.8 Å². The summed E-state index contributed by atoms with van der Waals surface area (Å²) in [6.07, 6.45) is 14.3. The highest BCUT2D eigenvalue weighted by Gasteiger charge is 2.26. The van der Waals surface area contributed by atoms with Crippen LogP contribution in [-0.4, -0.2) is 22.2 Å². The second-order valence-electron chi connectivity index (χ2n) is 8.05. The van der Waals surface area contributed by atoms with Crippen molar-refractivity contribution >= 4 is 11.9 Å². The van der Waals surface area contributed by atoms with E-state index in [2.05, 4.69) is 12.2 Å². The highest BCUT2D eigenvalue weighted by Crippen LogP contribution is 2.25. The van der Waals surface area contributed by atoms with Crippen molar-refractivity contribution in [2.75, 3.05) is 0 Å². The number of hydrogen-bond acceptors (Lipinski definition) is 2. The summed E-state index contributed by atoms with van der Waals surface area (Å²) in [5.41, 5.74) is -1.21. The number of carboxylic acids is 2. The summed E-state index contributed by atoms with van der Waals surface area (Å²) in [4.78, 5) is 22.0. The van der Waals surface area contributed by atoms with Crippen LogP contribution in [0.25, 0.3) is 0 Å². The molecular weight excluding hydrogens is 304 g/mol. The molecule has 0 fully saturated rings. The molecule has 0 radical (unpaired) electrons. The van der Waals surface area contributed by atoms with Crippen molar-refractivity contribution < 1.29 is 19.8 Å². The van der Waals surface area contributed by atoms with Gasteiger partial charge in [0.1, 0.15) is 0 Å². The Morgan fingerprint density at radius 1 is 0.667 bits per heavy atom. The van der Waals surface area contributed by atoms with E-state index in [9.17, 15) is 9.59 Å². The molecule has 0 saturated heterocycles. The summed E-state index contributed by atoms with van der Waals surface area (Å²) in [6.45, 7) is 7.14. The monoisotopic (exact) mass is 340 g/mol. The van der Waals surface area contributed by atoms with Crippen LogP contribution in [0.1, 0.15) is 91.9 Å². The van der Waals surface area contributed by atoms with Crippen LogP contribution in [0.15, 0.2) is 12.2 Å². The first kappa shape index (κ1) is 22.7. The molecule has 0 heterocycles. The van der Waals surface area contributed by atoms with Gasteiger partial charge < -0.3 is 10.2 Å². The molecule has 0 aromatic heterocycles. The molecule has 0 spiro atoms. The predicted octanol–water partition coefficient (Wildman–Crippen LogP) is 5.67. The maximum Gasteiger partial charge on any atom is 0.309 e. The van der Waals surface area contributed by atoms with E-state index in [1.54, 1.807) is 27.7 Å². The Kier molecular flexibility index (Phi) is 10.7. The maximum absolute atomic E-state index is 11.0. The number of rotatable bonds is 14.